The average molecular weight is 234 g/mol. The quantitative estimate of drug-likeness (QED) is 0.696. The Balaban J connectivity index is 2.15. The van der Waals surface area contributed by atoms with Crippen molar-refractivity contribution in [2.24, 2.45) is 0 Å². The molecule has 0 aliphatic heterocycles. The molecule has 8 heteroatoms. The fraction of sp³-hybridized carbons (Fsp3) is 0.444. The minimum absolute atomic E-state index is 0.0796. The highest BCUT2D eigenvalue weighted by atomic mass is 15.2. The third-order valence-electron chi connectivity index (χ3n) is 2.20. The molecule has 0 saturated heterocycles. The Morgan fingerprint density at radius 3 is 2.88 bits per heavy atom. The summed E-state index contributed by atoms with van der Waals surface area (Å²) in [4.78, 5) is 16.3. The topological polar surface area (TPSA) is 118 Å². The first kappa shape index (κ1) is 11.2. The van der Waals surface area contributed by atoms with Crippen LogP contribution in [0.5, 0.6) is 0 Å². The van der Waals surface area contributed by atoms with Gasteiger partial charge < -0.3 is 11.1 Å². The van der Waals surface area contributed by atoms with E-state index in [1.54, 1.807) is 0 Å². The normalized spacial score (nSPS) is 12.4. The van der Waals surface area contributed by atoms with Crippen LogP contribution in [0.15, 0.2) is 6.33 Å². The van der Waals surface area contributed by atoms with Gasteiger partial charge in [0, 0.05) is 6.42 Å². The zero-order valence-corrected chi connectivity index (χ0v) is 9.68. The molecule has 90 valence electrons. The molecule has 2 rings (SSSR count). The van der Waals surface area contributed by atoms with E-state index in [-0.39, 0.29) is 12.0 Å². The van der Waals surface area contributed by atoms with Crippen LogP contribution in [0.25, 0.3) is 0 Å². The van der Waals surface area contributed by atoms with Gasteiger partial charge in [0.05, 0.1) is 6.04 Å². The SMILES string of the molecule is CCc1nc(N)nc(NC(C)c2ncn[nH]2)n1. The highest BCUT2D eigenvalue weighted by Crippen LogP contribution is 2.12. The fourth-order valence-electron chi connectivity index (χ4n) is 1.35. The lowest BCUT2D eigenvalue weighted by atomic mass is 10.3. The number of nitrogens with one attached hydrogen (secondary N) is 2. The van der Waals surface area contributed by atoms with Crippen molar-refractivity contribution in [1.82, 2.24) is 30.1 Å². The number of nitrogens with two attached hydrogens (primary N) is 1. The standard InChI is InChI=1S/C9H14N8/c1-3-6-14-8(10)16-9(15-6)13-5(2)7-11-4-12-17-7/h4-5H,3H2,1-2H3,(H,11,12,17)(H3,10,13,14,15,16). The Kier molecular flexibility index (Phi) is 3.12. The van der Waals surface area contributed by atoms with Crippen molar-refractivity contribution in [2.45, 2.75) is 26.3 Å². The van der Waals surface area contributed by atoms with Gasteiger partial charge in [-0.25, -0.2) is 4.98 Å². The molecule has 0 bridgehead atoms. The molecule has 2 aromatic heterocycles. The molecule has 1 atom stereocenters. The van der Waals surface area contributed by atoms with E-state index in [9.17, 15) is 0 Å². The molecule has 4 N–H and O–H groups in total. The minimum Gasteiger partial charge on any atom is -0.368 e. The zero-order chi connectivity index (χ0) is 12.3. The van der Waals surface area contributed by atoms with Crippen molar-refractivity contribution in [3.05, 3.63) is 18.0 Å². The number of nitrogen functional groups attached to an aromatic ring is 1. The van der Waals surface area contributed by atoms with Gasteiger partial charge in [-0.2, -0.15) is 20.1 Å². The molecule has 1 unspecified atom stereocenters. The van der Waals surface area contributed by atoms with E-state index in [0.717, 1.165) is 0 Å². The average Bonchev–Trinajstić information content (AvgIpc) is 2.81. The van der Waals surface area contributed by atoms with E-state index < -0.39 is 0 Å². The molecule has 8 nitrogen and oxygen atoms in total. The summed E-state index contributed by atoms with van der Waals surface area (Å²) in [5.41, 5.74) is 5.59. The lowest BCUT2D eigenvalue weighted by Crippen LogP contribution is -2.13. The predicted octanol–water partition coefficient (Wildman–Crippen LogP) is 0.307. The number of aryl methyl sites for hydroxylation is 1. The molecule has 0 aliphatic rings. The Labute approximate surface area is 98.1 Å². The first-order chi connectivity index (χ1) is 8.19. The summed E-state index contributed by atoms with van der Waals surface area (Å²) in [6, 6.07) is -0.0796. The van der Waals surface area contributed by atoms with E-state index >= 15 is 0 Å². The maximum absolute atomic E-state index is 5.59. The number of aromatic nitrogens is 6. The summed E-state index contributed by atoms with van der Waals surface area (Å²) in [6.07, 6.45) is 2.16. The summed E-state index contributed by atoms with van der Waals surface area (Å²) in [7, 11) is 0. The molecule has 2 aromatic rings. The summed E-state index contributed by atoms with van der Waals surface area (Å²) in [5.74, 6) is 2.02. The van der Waals surface area contributed by atoms with Gasteiger partial charge >= 0.3 is 0 Å². The predicted molar refractivity (Wildman–Crippen MR) is 62.0 cm³/mol. The second-order valence-corrected chi connectivity index (χ2v) is 3.52. The zero-order valence-electron chi connectivity index (χ0n) is 9.68. The van der Waals surface area contributed by atoms with Crippen molar-refractivity contribution in [1.29, 1.82) is 0 Å². The Bertz CT molecular complexity index is 480. The first-order valence-electron chi connectivity index (χ1n) is 5.31. The van der Waals surface area contributed by atoms with Crippen LogP contribution in [-0.2, 0) is 6.42 Å². The molecule has 0 aliphatic carbocycles. The highest BCUT2D eigenvalue weighted by Gasteiger charge is 2.10. The van der Waals surface area contributed by atoms with Crippen molar-refractivity contribution < 1.29 is 0 Å². The third kappa shape index (κ3) is 2.65. The summed E-state index contributed by atoms with van der Waals surface area (Å²) >= 11 is 0. The van der Waals surface area contributed by atoms with Crippen LogP contribution in [0, 0.1) is 0 Å². The summed E-state index contributed by atoms with van der Waals surface area (Å²) < 4.78 is 0. The molecule has 2 heterocycles. The van der Waals surface area contributed by atoms with Crippen molar-refractivity contribution >= 4 is 11.9 Å². The lowest BCUT2D eigenvalue weighted by Gasteiger charge is -2.11. The van der Waals surface area contributed by atoms with Gasteiger partial charge in [0.25, 0.3) is 0 Å². The molecule has 17 heavy (non-hydrogen) atoms. The molecule has 0 radical (unpaired) electrons. The number of nitrogens with zero attached hydrogens (tertiary/aromatic N) is 5. The number of rotatable bonds is 4. The monoisotopic (exact) mass is 234 g/mol. The molecular weight excluding hydrogens is 220 g/mol. The number of H-pyrrole nitrogens is 1. The minimum atomic E-state index is -0.0796. The van der Waals surface area contributed by atoms with E-state index in [0.29, 0.717) is 24.0 Å². The lowest BCUT2D eigenvalue weighted by molar-refractivity contribution is 0.774. The van der Waals surface area contributed by atoms with E-state index in [4.69, 9.17) is 5.73 Å². The Hall–Kier alpha value is -2.25. The van der Waals surface area contributed by atoms with Crippen molar-refractivity contribution in [3.63, 3.8) is 0 Å². The van der Waals surface area contributed by atoms with E-state index in [1.807, 2.05) is 13.8 Å². The van der Waals surface area contributed by atoms with E-state index in [2.05, 4.69) is 35.5 Å². The first-order valence-corrected chi connectivity index (χ1v) is 5.31. The number of hydrogen-bond acceptors (Lipinski definition) is 7. The van der Waals surface area contributed by atoms with Crippen LogP contribution in [0.1, 0.15) is 31.5 Å². The number of anilines is 2. The summed E-state index contributed by atoms with van der Waals surface area (Å²) in [5, 5.41) is 9.64. The third-order valence-corrected chi connectivity index (χ3v) is 2.20. The maximum atomic E-state index is 5.59. The molecule has 0 spiro atoms. The molecular formula is C9H14N8. The molecule has 0 fully saturated rings. The van der Waals surface area contributed by atoms with Gasteiger partial charge in [-0.1, -0.05) is 6.92 Å². The van der Waals surface area contributed by atoms with Crippen LogP contribution in [0.3, 0.4) is 0 Å². The van der Waals surface area contributed by atoms with Crippen LogP contribution >= 0.6 is 0 Å². The van der Waals surface area contributed by atoms with Gasteiger partial charge in [0.15, 0.2) is 0 Å². The van der Waals surface area contributed by atoms with Crippen molar-refractivity contribution in [3.8, 4) is 0 Å². The van der Waals surface area contributed by atoms with Crippen LogP contribution in [-0.4, -0.2) is 30.1 Å². The Morgan fingerprint density at radius 1 is 1.41 bits per heavy atom. The van der Waals surface area contributed by atoms with Crippen LogP contribution in [0.4, 0.5) is 11.9 Å². The van der Waals surface area contributed by atoms with Gasteiger partial charge in [0.2, 0.25) is 11.9 Å². The molecule has 0 aromatic carbocycles. The van der Waals surface area contributed by atoms with Crippen molar-refractivity contribution in [2.75, 3.05) is 11.1 Å². The summed E-state index contributed by atoms with van der Waals surface area (Å²) in [6.45, 7) is 3.88. The Morgan fingerprint density at radius 2 is 2.24 bits per heavy atom. The molecule has 0 amide bonds. The van der Waals surface area contributed by atoms with Gasteiger partial charge in [-0.3, -0.25) is 5.10 Å². The van der Waals surface area contributed by atoms with Gasteiger partial charge in [-0.05, 0) is 6.92 Å². The fourth-order valence-corrected chi connectivity index (χ4v) is 1.35. The second kappa shape index (κ2) is 4.73. The number of aromatic amines is 1. The maximum Gasteiger partial charge on any atom is 0.228 e. The van der Waals surface area contributed by atoms with E-state index in [1.165, 1.54) is 6.33 Å². The number of hydrogen-bond donors (Lipinski definition) is 3. The largest absolute Gasteiger partial charge is 0.368 e. The van der Waals surface area contributed by atoms with Crippen LogP contribution in [0.2, 0.25) is 0 Å². The van der Waals surface area contributed by atoms with Crippen LogP contribution < -0.4 is 11.1 Å². The smallest absolute Gasteiger partial charge is 0.228 e. The van der Waals surface area contributed by atoms with Gasteiger partial charge in [0.1, 0.15) is 18.0 Å². The second-order valence-electron chi connectivity index (χ2n) is 3.52. The van der Waals surface area contributed by atoms with Gasteiger partial charge in [-0.15, -0.1) is 0 Å². The molecule has 0 saturated carbocycles. The highest BCUT2D eigenvalue weighted by molar-refractivity contribution is 5.32.